The molecule has 2 rings (SSSR count). The highest BCUT2D eigenvalue weighted by atomic mass is 32.2. The van der Waals surface area contributed by atoms with Gasteiger partial charge in [-0.2, -0.15) is 11.8 Å². The Morgan fingerprint density at radius 2 is 1.95 bits per heavy atom. The zero-order chi connectivity index (χ0) is 13.5. The minimum Gasteiger partial charge on any atom is -0.309 e. The molecule has 0 radical (unpaired) electrons. The predicted molar refractivity (Wildman–Crippen MR) is 85.8 cm³/mol. The van der Waals surface area contributed by atoms with E-state index in [-0.39, 0.29) is 0 Å². The number of nitrogens with zero attached hydrogens (tertiary/aromatic N) is 1. The van der Waals surface area contributed by atoms with Crippen LogP contribution in [0, 0.1) is 5.92 Å². The third-order valence-electron chi connectivity index (χ3n) is 4.03. The van der Waals surface area contributed by atoms with Gasteiger partial charge in [0.1, 0.15) is 0 Å². The molecule has 106 valence electrons. The van der Waals surface area contributed by atoms with E-state index in [1.54, 1.807) is 0 Å². The number of rotatable bonds is 6. The summed E-state index contributed by atoms with van der Waals surface area (Å²) < 4.78 is 0. The fourth-order valence-electron chi connectivity index (χ4n) is 2.70. The molecule has 1 heterocycles. The van der Waals surface area contributed by atoms with Gasteiger partial charge in [-0.1, -0.05) is 30.3 Å². The molecule has 0 amide bonds. The molecule has 1 saturated heterocycles. The van der Waals surface area contributed by atoms with Gasteiger partial charge in [-0.15, -0.1) is 0 Å². The standard InChI is InChI=1S/C16H26N2S/c1-18-10-8-14(9-11-18)12-17-16(13-19-2)15-6-4-3-5-7-15/h3-7,14,16-17H,8-13H2,1-2H3/t16-/m1/s1. The highest BCUT2D eigenvalue weighted by Crippen LogP contribution is 2.20. The molecule has 1 atom stereocenters. The lowest BCUT2D eigenvalue weighted by Crippen LogP contribution is -2.36. The van der Waals surface area contributed by atoms with E-state index in [1.807, 2.05) is 11.8 Å². The van der Waals surface area contributed by atoms with Crippen molar-refractivity contribution in [1.29, 1.82) is 0 Å². The number of piperidine rings is 1. The Hall–Kier alpha value is -0.510. The van der Waals surface area contributed by atoms with Crippen LogP contribution in [-0.4, -0.2) is 43.6 Å². The van der Waals surface area contributed by atoms with Crippen LogP contribution >= 0.6 is 11.8 Å². The van der Waals surface area contributed by atoms with Crippen molar-refractivity contribution < 1.29 is 0 Å². The largest absolute Gasteiger partial charge is 0.309 e. The minimum absolute atomic E-state index is 0.496. The number of benzene rings is 1. The topological polar surface area (TPSA) is 15.3 Å². The molecular weight excluding hydrogens is 252 g/mol. The molecule has 0 aromatic heterocycles. The smallest absolute Gasteiger partial charge is 0.0411 e. The Balaban J connectivity index is 1.84. The van der Waals surface area contributed by atoms with Gasteiger partial charge < -0.3 is 10.2 Å². The number of thioether (sulfide) groups is 1. The van der Waals surface area contributed by atoms with Gasteiger partial charge in [-0.3, -0.25) is 0 Å². The van der Waals surface area contributed by atoms with E-state index < -0.39 is 0 Å². The summed E-state index contributed by atoms with van der Waals surface area (Å²) in [6.07, 6.45) is 4.86. The van der Waals surface area contributed by atoms with Gasteiger partial charge in [0, 0.05) is 11.8 Å². The van der Waals surface area contributed by atoms with Crippen molar-refractivity contribution in [2.24, 2.45) is 5.92 Å². The lowest BCUT2D eigenvalue weighted by atomic mass is 9.96. The summed E-state index contributed by atoms with van der Waals surface area (Å²) in [5.74, 6) is 2.00. The first-order valence-electron chi connectivity index (χ1n) is 7.25. The van der Waals surface area contributed by atoms with Crippen molar-refractivity contribution in [2.45, 2.75) is 18.9 Å². The van der Waals surface area contributed by atoms with Gasteiger partial charge in [0.05, 0.1) is 0 Å². The third kappa shape index (κ3) is 4.83. The average Bonchev–Trinajstić information content (AvgIpc) is 2.46. The second kappa shape index (κ2) is 7.93. The highest BCUT2D eigenvalue weighted by molar-refractivity contribution is 7.98. The van der Waals surface area contributed by atoms with Crippen LogP contribution in [0.4, 0.5) is 0 Å². The van der Waals surface area contributed by atoms with Gasteiger partial charge in [0.15, 0.2) is 0 Å². The zero-order valence-corrected chi connectivity index (χ0v) is 13.0. The lowest BCUT2D eigenvalue weighted by molar-refractivity contribution is 0.213. The molecule has 0 bridgehead atoms. The molecular formula is C16H26N2S. The van der Waals surface area contributed by atoms with Crippen molar-refractivity contribution in [2.75, 3.05) is 38.7 Å². The van der Waals surface area contributed by atoms with E-state index in [0.717, 1.165) is 18.2 Å². The molecule has 0 spiro atoms. The van der Waals surface area contributed by atoms with Crippen molar-refractivity contribution in [3.63, 3.8) is 0 Å². The number of nitrogens with one attached hydrogen (secondary N) is 1. The number of hydrogen-bond acceptors (Lipinski definition) is 3. The fraction of sp³-hybridized carbons (Fsp3) is 0.625. The molecule has 1 N–H and O–H groups in total. The van der Waals surface area contributed by atoms with E-state index in [1.165, 1.54) is 31.5 Å². The maximum Gasteiger partial charge on any atom is 0.0411 e. The number of likely N-dealkylation sites (tertiary alicyclic amines) is 1. The second-order valence-corrected chi connectivity index (χ2v) is 6.48. The lowest BCUT2D eigenvalue weighted by Gasteiger charge is -2.30. The molecule has 3 heteroatoms. The monoisotopic (exact) mass is 278 g/mol. The average molecular weight is 278 g/mol. The summed E-state index contributed by atoms with van der Waals surface area (Å²) in [5, 5.41) is 3.78. The Kier molecular flexibility index (Phi) is 6.21. The summed E-state index contributed by atoms with van der Waals surface area (Å²) in [7, 11) is 2.23. The van der Waals surface area contributed by atoms with Crippen LogP contribution in [0.2, 0.25) is 0 Å². The first-order valence-corrected chi connectivity index (χ1v) is 8.65. The van der Waals surface area contributed by atoms with E-state index in [9.17, 15) is 0 Å². The van der Waals surface area contributed by atoms with Crippen LogP contribution in [0.1, 0.15) is 24.4 Å². The van der Waals surface area contributed by atoms with Gasteiger partial charge in [0.2, 0.25) is 0 Å². The molecule has 1 aliphatic rings. The molecule has 19 heavy (non-hydrogen) atoms. The van der Waals surface area contributed by atoms with Crippen LogP contribution in [0.5, 0.6) is 0 Å². The first kappa shape index (κ1) is 14.9. The molecule has 1 aliphatic heterocycles. The van der Waals surface area contributed by atoms with E-state index in [0.29, 0.717) is 6.04 Å². The van der Waals surface area contributed by atoms with Gasteiger partial charge in [0.25, 0.3) is 0 Å². The van der Waals surface area contributed by atoms with Gasteiger partial charge in [-0.05, 0) is 57.3 Å². The van der Waals surface area contributed by atoms with Crippen molar-refractivity contribution >= 4 is 11.8 Å². The van der Waals surface area contributed by atoms with Crippen molar-refractivity contribution in [1.82, 2.24) is 10.2 Å². The molecule has 2 nitrogen and oxygen atoms in total. The summed E-state index contributed by atoms with van der Waals surface area (Å²) >= 11 is 1.92. The summed E-state index contributed by atoms with van der Waals surface area (Å²) in [6.45, 7) is 3.67. The molecule has 1 aromatic carbocycles. The third-order valence-corrected chi connectivity index (χ3v) is 4.69. The SMILES string of the molecule is CSC[C@@H](NCC1CCN(C)CC1)c1ccccc1. The Bertz CT molecular complexity index is 347. The summed E-state index contributed by atoms with van der Waals surface area (Å²) in [5.41, 5.74) is 1.42. The van der Waals surface area contributed by atoms with Crippen molar-refractivity contribution in [3.8, 4) is 0 Å². The predicted octanol–water partition coefficient (Wildman–Crippen LogP) is 3.02. The maximum atomic E-state index is 3.78. The van der Waals surface area contributed by atoms with E-state index >= 15 is 0 Å². The molecule has 1 fully saturated rings. The minimum atomic E-state index is 0.496. The molecule has 1 aromatic rings. The normalized spacial score (nSPS) is 19.5. The Labute approximate surface area is 122 Å². The van der Waals surface area contributed by atoms with Crippen LogP contribution < -0.4 is 5.32 Å². The quantitative estimate of drug-likeness (QED) is 0.861. The van der Waals surface area contributed by atoms with Gasteiger partial charge in [-0.25, -0.2) is 0 Å². The van der Waals surface area contributed by atoms with Crippen LogP contribution in [-0.2, 0) is 0 Å². The summed E-state index contributed by atoms with van der Waals surface area (Å²) in [6, 6.07) is 11.3. The number of hydrogen-bond donors (Lipinski definition) is 1. The van der Waals surface area contributed by atoms with E-state index in [4.69, 9.17) is 0 Å². The van der Waals surface area contributed by atoms with Crippen LogP contribution in [0.15, 0.2) is 30.3 Å². The van der Waals surface area contributed by atoms with Gasteiger partial charge >= 0.3 is 0 Å². The zero-order valence-electron chi connectivity index (χ0n) is 12.1. The molecule has 0 saturated carbocycles. The summed E-state index contributed by atoms with van der Waals surface area (Å²) in [4.78, 5) is 2.44. The maximum absolute atomic E-state index is 3.78. The first-order chi connectivity index (χ1) is 9.29. The Morgan fingerprint density at radius 3 is 2.58 bits per heavy atom. The Morgan fingerprint density at radius 1 is 1.26 bits per heavy atom. The second-order valence-electron chi connectivity index (χ2n) is 5.57. The fourth-order valence-corrected chi connectivity index (χ4v) is 3.34. The highest BCUT2D eigenvalue weighted by Gasteiger charge is 2.18. The van der Waals surface area contributed by atoms with Crippen molar-refractivity contribution in [3.05, 3.63) is 35.9 Å². The van der Waals surface area contributed by atoms with Crippen LogP contribution in [0.3, 0.4) is 0 Å². The van der Waals surface area contributed by atoms with E-state index in [2.05, 4.69) is 53.9 Å². The molecule has 0 unspecified atom stereocenters. The molecule has 0 aliphatic carbocycles. The van der Waals surface area contributed by atoms with Crippen LogP contribution in [0.25, 0.3) is 0 Å².